The number of rotatable bonds is 4. The molecule has 0 aliphatic carbocycles. The van der Waals surface area contributed by atoms with Gasteiger partial charge in [0, 0.05) is 25.2 Å². The summed E-state index contributed by atoms with van der Waals surface area (Å²) in [5.41, 5.74) is 6.97. The number of carbonyl (C=O) groups excluding carboxylic acids is 1. The smallest absolute Gasteiger partial charge is 0.475 e. The van der Waals surface area contributed by atoms with Crippen LogP contribution in [0, 0.1) is 5.92 Å². The van der Waals surface area contributed by atoms with Gasteiger partial charge < -0.3 is 25.2 Å². The zero-order valence-corrected chi connectivity index (χ0v) is 18.7. The molecule has 1 saturated heterocycles. The van der Waals surface area contributed by atoms with Gasteiger partial charge in [0.25, 0.3) is 5.91 Å². The number of carboxylic acid groups (broad SMARTS) is 1. The second-order valence-corrected chi connectivity index (χ2v) is 8.68. The van der Waals surface area contributed by atoms with Gasteiger partial charge in [-0.3, -0.25) is 9.48 Å². The fourth-order valence-electron chi connectivity index (χ4n) is 3.56. The minimum atomic E-state index is -5.08. The number of aromatic nitrogens is 3. The first kappa shape index (κ1) is 25.3. The molecule has 4 rings (SSSR count). The van der Waals surface area contributed by atoms with Gasteiger partial charge in [-0.15, -0.1) is 5.10 Å². The van der Waals surface area contributed by atoms with Gasteiger partial charge in [0.1, 0.15) is 5.69 Å². The highest BCUT2D eigenvalue weighted by Gasteiger charge is 2.38. The molecule has 0 bridgehead atoms. The molecule has 2 aliphatic heterocycles. The Morgan fingerprint density at radius 1 is 1.24 bits per heavy atom. The van der Waals surface area contributed by atoms with E-state index in [0.717, 1.165) is 31.6 Å². The standard InChI is InChI=1S/C19H25N5O3.C2HF3O2/c1-19(2,20)17-11-24(22-21-17)10-13-4-3-7-23(9-13)18(25)14-5-6-15-16(8-14)27-12-26-15;3-2(4,5)1(6)7/h5-6,8,11,13H,3-4,7,9-10,12,20H2,1-2H3;(H,6,7). The van der Waals surface area contributed by atoms with Crippen molar-refractivity contribution in [3.05, 3.63) is 35.7 Å². The molecule has 10 nitrogen and oxygen atoms in total. The van der Waals surface area contributed by atoms with Crippen LogP contribution in [0.2, 0.25) is 0 Å². The predicted molar refractivity (Wildman–Crippen MR) is 112 cm³/mol. The number of likely N-dealkylation sites (tertiary alicyclic amines) is 1. The first-order chi connectivity index (χ1) is 15.8. The summed E-state index contributed by atoms with van der Waals surface area (Å²) < 4.78 is 44.3. The summed E-state index contributed by atoms with van der Waals surface area (Å²) in [5, 5.41) is 15.5. The van der Waals surface area contributed by atoms with Crippen molar-refractivity contribution in [1.82, 2.24) is 19.9 Å². The number of aliphatic carboxylic acids is 1. The maximum atomic E-state index is 12.9. The van der Waals surface area contributed by atoms with Gasteiger partial charge >= 0.3 is 12.1 Å². The largest absolute Gasteiger partial charge is 0.490 e. The zero-order valence-electron chi connectivity index (χ0n) is 18.7. The molecule has 13 heteroatoms. The highest BCUT2D eigenvalue weighted by atomic mass is 19.4. The SMILES string of the molecule is CC(C)(N)c1cn(CC2CCCN(C(=O)c3ccc4c(c3)OCO4)C2)nn1.O=C(O)C(F)(F)F. The number of hydrogen-bond acceptors (Lipinski definition) is 7. The van der Waals surface area contributed by atoms with E-state index in [1.807, 2.05) is 29.6 Å². The van der Waals surface area contributed by atoms with E-state index in [1.54, 1.807) is 18.2 Å². The molecule has 1 aromatic heterocycles. The second-order valence-electron chi connectivity index (χ2n) is 8.68. The minimum Gasteiger partial charge on any atom is -0.475 e. The van der Waals surface area contributed by atoms with Crippen LogP contribution in [0.4, 0.5) is 13.2 Å². The van der Waals surface area contributed by atoms with Crippen LogP contribution in [0.5, 0.6) is 11.5 Å². The molecule has 0 radical (unpaired) electrons. The Balaban J connectivity index is 0.000000406. The lowest BCUT2D eigenvalue weighted by atomic mass is 9.97. The number of piperidine rings is 1. The lowest BCUT2D eigenvalue weighted by Gasteiger charge is -2.32. The molecular weight excluding hydrogens is 459 g/mol. The molecule has 3 N–H and O–H groups in total. The highest BCUT2D eigenvalue weighted by Crippen LogP contribution is 2.33. The first-order valence-corrected chi connectivity index (χ1v) is 10.5. The van der Waals surface area contributed by atoms with Crippen LogP contribution in [0.25, 0.3) is 0 Å². The average Bonchev–Trinajstić information content (AvgIpc) is 3.42. The van der Waals surface area contributed by atoms with Gasteiger partial charge in [0.2, 0.25) is 6.79 Å². The van der Waals surface area contributed by atoms with Gasteiger partial charge in [0.05, 0.1) is 11.7 Å². The molecule has 1 atom stereocenters. The van der Waals surface area contributed by atoms with Gasteiger partial charge in [-0.2, -0.15) is 13.2 Å². The fraction of sp³-hybridized carbons (Fsp3) is 0.524. The van der Waals surface area contributed by atoms with Crippen LogP contribution in [0.15, 0.2) is 24.4 Å². The Bertz CT molecular complexity index is 1030. The van der Waals surface area contributed by atoms with E-state index >= 15 is 0 Å². The fourth-order valence-corrected chi connectivity index (χ4v) is 3.56. The number of amides is 1. The number of fused-ring (bicyclic) bond motifs is 1. The Hall–Kier alpha value is -3.35. The van der Waals surface area contributed by atoms with Crippen molar-refractivity contribution in [2.45, 2.75) is 44.9 Å². The normalized spacial score (nSPS) is 17.7. The molecular formula is C21H26F3N5O5. The molecule has 1 aromatic carbocycles. The molecule has 1 amide bonds. The summed E-state index contributed by atoms with van der Waals surface area (Å²) in [4.78, 5) is 23.7. The zero-order chi connectivity index (χ0) is 25.1. The summed E-state index contributed by atoms with van der Waals surface area (Å²) in [6.07, 6.45) is -1.14. The third-order valence-electron chi connectivity index (χ3n) is 5.31. The van der Waals surface area contributed by atoms with Crippen LogP contribution >= 0.6 is 0 Å². The molecule has 2 aromatic rings. The summed E-state index contributed by atoms with van der Waals surface area (Å²) >= 11 is 0. The Kier molecular flexibility index (Phi) is 7.34. The average molecular weight is 485 g/mol. The van der Waals surface area contributed by atoms with Gasteiger partial charge in [-0.05, 0) is 50.8 Å². The topological polar surface area (TPSA) is 133 Å². The number of alkyl halides is 3. The monoisotopic (exact) mass is 485 g/mol. The molecule has 3 heterocycles. The molecule has 1 unspecified atom stereocenters. The van der Waals surface area contributed by atoms with Crippen LogP contribution < -0.4 is 15.2 Å². The minimum absolute atomic E-state index is 0.0281. The number of hydrogen-bond donors (Lipinski definition) is 2. The third kappa shape index (κ3) is 6.37. The van der Waals surface area contributed by atoms with Crippen molar-refractivity contribution in [2.75, 3.05) is 19.9 Å². The summed E-state index contributed by atoms with van der Waals surface area (Å²) in [6, 6.07) is 5.36. The van der Waals surface area contributed by atoms with Crippen molar-refractivity contribution >= 4 is 11.9 Å². The third-order valence-corrected chi connectivity index (χ3v) is 5.31. The lowest BCUT2D eigenvalue weighted by Crippen LogP contribution is -2.41. The van der Waals surface area contributed by atoms with Crippen LogP contribution in [-0.4, -0.2) is 62.9 Å². The number of benzene rings is 1. The van der Waals surface area contributed by atoms with Gasteiger partial charge in [0.15, 0.2) is 11.5 Å². The number of nitrogens with two attached hydrogens (primary N) is 1. The van der Waals surface area contributed by atoms with Crippen molar-refractivity contribution in [2.24, 2.45) is 11.7 Å². The van der Waals surface area contributed by atoms with Crippen LogP contribution in [0.1, 0.15) is 42.7 Å². The number of carboxylic acids is 1. The van der Waals surface area contributed by atoms with E-state index in [2.05, 4.69) is 10.3 Å². The van der Waals surface area contributed by atoms with Crippen LogP contribution in [0.3, 0.4) is 0 Å². The lowest BCUT2D eigenvalue weighted by molar-refractivity contribution is -0.192. The Morgan fingerprint density at radius 2 is 1.91 bits per heavy atom. The van der Waals surface area contributed by atoms with Crippen molar-refractivity contribution in [3.63, 3.8) is 0 Å². The van der Waals surface area contributed by atoms with Gasteiger partial charge in [-0.25, -0.2) is 4.79 Å². The van der Waals surface area contributed by atoms with E-state index < -0.39 is 17.7 Å². The predicted octanol–water partition coefficient (Wildman–Crippen LogP) is 2.39. The summed E-state index contributed by atoms with van der Waals surface area (Å²) in [5.74, 6) is -1.07. The van der Waals surface area contributed by atoms with Crippen LogP contribution in [-0.2, 0) is 16.9 Å². The molecule has 34 heavy (non-hydrogen) atoms. The first-order valence-electron chi connectivity index (χ1n) is 10.5. The van der Waals surface area contributed by atoms with E-state index in [0.29, 0.717) is 29.5 Å². The molecule has 186 valence electrons. The van der Waals surface area contributed by atoms with Crippen molar-refractivity contribution in [3.8, 4) is 11.5 Å². The Labute approximate surface area is 193 Å². The Morgan fingerprint density at radius 3 is 2.53 bits per heavy atom. The number of ether oxygens (including phenoxy) is 2. The summed E-state index contributed by atoms with van der Waals surface area (Å²) in [7, 11) is 0. The number of halogens is 3. The number of nitrogens with zero attached hydrogens (tertiary/aromatic N) is 4. The maximum absolute atomic E-state index is 12.9. The molecule has 2 aliphatic rings. The van der Waals surface area contributed by atoms with E-state index in [4.69, 9.17) is 25.1 Å². The maximum Gasteiger partial charge on any atom is 0.490 e. The van der Waals surface area contributed by atoms with E-state index in [1.165, 1.54) is 0 Å². The van der Waals surface area contributed by atoms with Gasteiger partial charge in [-0.1, -0.05) is 5.21 Å². The highest BCUT2D eigenvalue weighted by molar-refractivity contribution is 5.95. The van der Waals surface area contributed by atoms with Crippen molar-refractivity contribution in [1.29, 1.82) is 0 Å². The van der Waals surface area contributed by atoms with E-state index in [9.17, 15) is 18.0 Å². The molecule has 0 saturated carbocycles. The quantitative estimate of drug-likeness (QED) is 0.675. The number of carbonyl (C=O) groups is 2. The second kappa shape index (κ2) is 9.87. The van der Waals surface area contributed by atoms with E-state index in [-0.39, 0.29) is 12.7 Å². The molecule has 0 spiro atoms. The van der Waals surface area contributed by atoms with Crippen molar-refractivity contribution < 1.29 is 37.3 Å². The summed E-state index contributed by atoms with van der Waals surface area (Å²) in [6.45, 7) is 6.23. The molecule has 1 fully saturated rings.